The van der Waals surface area contributed by atoms with Gasteiger partial charge in [-0.15, -0.1) is 0 Å². The van der Waals surface area contributed by atoms with E-state index in [1.807, 2.05) is 12.1 Å². The Bertz CT molecular complexity index is 701. The zero-order valence-corrected chi connectivity index (χ0v) is 11.9. The summed E-state index contributed by atoms with van der Waals surface area (Å²) >= 11 is 0. The van der Waals surface area contributed by atoms with Crippen LogP contribution in [-0.4, -0.2) is 40.1 Å². The number of ether oxygens (including phenoxy) is 1. The molecular formula is C15H16N4O3. The Morgan fingerprint density at radius 3 is 2.86 bits per heavy atom. The number of rotatable bonds is 4. The lowest BCUT2D eigenvalue weighted by atomic mass is 9.95. The van der Waals surface area contributed by atoms with Crippen molar-refractivity contribution in [3.05, 3.63) is 58.5 Å². The number of aromatic amines is 1. The van der Waals surface area contributed by atoms with Gasteiger partial charge in [0.2, 0.25) is 0 Å². The summed E-state index contributed by atoms with van der Waals surface area (Å²) in [6, 6.07) is 3.82. The predicted molar refractivity (Wildman–Crippen MR) is 78.4 cm³/mol. The van der Waals surface area contributed by atoms with Crippen LogP contribution in [0.15, 0.2) is 41.7 Å². The van der Waals surface area contributed by atoms with Gasteiger partial charge in [-0.05, 0) is 24.1 Å². The van der Waals surface area contributed by atoms with Crippen LogP contribution >= 0.6 is 0 Å². The van der Waals surface area contributed by atoms with Gasteiger partial charge in [0.15, 0.2) is 0 Å². The largest absolute Gasteiger partial charge is 0.379 e. The predicted octanol–water partition coefficient (Wildman–Crippen LogP) is 0.152. The Labute approximate surface area is 126 Å². The number of hydrogen-bond acceptors (Lipinski definition) is 5. The molecule has 0 saturated carbocycles. The number of H-pyrrole nitrogens is 1. The van der Waals surface area contributed by atoms with E-state index in [9.17, 15) is 9.59 Å². The molecule has 1 aliphatic rings. The van der Waals surface area contributed by atoms with Crippen molar-refractivity contribution in [2.75, 3.05) is 13.2 Å². The molecule has 7 heteroatoms. The minimum absolute atomic E-state index is 0.0932. The maximum atomic E-state index is 12.2. The lowest BCUT2D eigenvalue weighted by Crippen LogP contribution is -2.41. The molecule has 22 heavy (non-hydrogen) atoms. The SMILES string of the molecule is O=C(N[C@@H]1COC[C@H]1Cc1ccncc1)c1cncc(=O)[nH]1. The lowest BCUT2D eigenvalue weighted by Gasteiger charge is -2.18. The van der Waals surface area contributed by atoms with Gasteiger partial charge >= 0.3 is 0 Å². The first-order valence-corrected chi connectivity index (χ1v) is 7.04. The fourth-order valence-electron chi connectivity index (χ4n) is 2.52. The highest BCUT2D eigenvalue weighted by molar-refractivity contribution is 5.92. The van der Waals surface area contributed by atoms with E-state index in [2.05, 4.69) is 20.3 Å². The summed E-state index contributed by atoms with van der Waals surface area (Å²) in [7, 11) is 0. The highest BCUT2D eigenvalue weighted by atomic mass is 16.5. The molecule has 2 aromatic rings. The molecule has 0 spiro atoms. The van der Waals surface area contributed by atoms with E-state index in [0.717, 1.165) is 18.2 Å². The molecule has 1 fully saturated rings. The Morgan fingerprint density at radius 1 is 1.27 bits per heavy atom. The molecule has 2 N–H and O–H groups in total. The first-order chi connectivity index (χ1) is 10.7. The number of aromatic nitrogens is 3. The van der Waals surface area contributed by atoms with Crippen molar-refractivity contribution in [3.8, 4) is 0 Å². The van der Waals surface area contributed by atoms with E-state index in [1.54, 1.807) is 12.4 Å². The standard InChI is InChI=1S/C15H16N4O3/c20-14-7-17-6-12(18-14)15(21)19-13-9-22-8-11(13)5-10-1-3-16-4-2-10/h1-4,6-7,11,13H,5,8-9H2,(H,18,20)(H,19,21)/t11-,13-/m1/s1. The first kappa shape index (κ1) is 14.4. The number of amides is 1. The van der Waals surface area contributed by atoms with E-state index in [4.69, 9.17) is 4.74 Å². The summed E-state index contributed by atoms with van der Waals surface area (Å²) in [5, 5.41) is 2.90. The summed E-state index contributed by atoms with van der Waals surface area (Å²) in [4.78, 5) is 33.6. The van der Waals surface area contributed by atoms with Gasteiger partial charge in [0, 0.05) is 18.3 Å². The van der Waals surface area contributed by atoms with Gasteiger partial charge in [-0.1, -0.05) is 0 Å². The summed E-state index contributed by atoms with van der Waals surface area (Å²) in [6.45, 7) is 1.06. The van der Waals surface area contributed by atoms with Crippen LogP contribution in [0, 0.1) is 5.92 Å². The normalized spacial score (nSPS) is 20.7. The Kier molecular flexibility index (Phi) is 4.24. The third-order valence-electron chi connectivity index (χ3n) is 3.66. The topological polar surface area (TPSA) is 97.0 Å². The Morgan fingerprint density at radius 2 is 2.09 bits per heavy atom. The van der Waals surface area contributed by atoms with Crippen LogP contribution < -0.4 is 10.9 Å². The third-order valence-corrected chi connectivity index (χ3v) is 3.66. The molecule has 3 rings (SSSR count). The van der Waals surface area contributed by atoms with E-state index < -0.39 is 5.56 Å². The minimum atomic E-state index is -0.399. The molecule has 3 heterocycles. The number of nitrogens with one attached hydrogen (secondary N) is 2. The van der Waals surface area contributed by atoms with Gasteiger partial charge in [-0.3, -0.25) is 19.6 Å². The third kappa shape index (κ3) is 3.37. The molecule has 1 amide bonds. The summed E-state index contributed by atoms with van der Waals surface area (Å²) in [6.07, 6.45) is 6.77. The molecule has 1 aliphatic heterocycles. The second-order valence-corrected chi connectivity index (χ2v) is 5.25. The molecular weight excluding hydrogens is 284 g/mol. The fourth-order valence-corrected chi connectivity index (χ4v) is 2.52. The summed E-state index contributed by atoms with van der Waals surface area (Å²) in [5.41, 5.74) is 0.908. The van der Waals surface area contributed by atoms with E-state index >= 15 is 0 Å². The molecule has 0 unspecified atom stereocenters. The highest BCUT2D eigenvalue weighted by Gasteiger charge is 2.30. The van der Waals surface area contributed by atoms with Crippen LogP contribution in [-0.2, 0) is 11.2 Å². The number of pyridine rings is 1. The van der Waals surface area contributed by atoms with Crippen LogP contribution in [0.1, 0.15) is 16.1 Å². The monoisotopic (exact) mass is 300 g/mol. The fraction of sp³-hybridized carbons (Fsp3) is 0.333. The number of carbonyl (C=O) groups is 1. The average Bonchev–Trinajstić information content (AvgIpc) is 2.95. The van der Waals surface area contributed by atoms with Crippen LogP contribution in [0.2, 0.25) is 0 Å². The molecule has 0 radical (unpaired) electrons. The summed E-state index contributed by atoms with van der Waals surface area (Å²) in [5.74, 6) is -0.157. The van der Waals surface area contributed by atoms with Crippen molar-refractivity contribution >= 4 is 5.91 Å². The molecule has 114 valence electrons. The maximum absolute atomic E-state index is 12.2. The van der Waals surface area contributed by atoms with Gasteiger partial charge in [0.1, 0.15) is 5.69 Å². The van der Waals surface area contributed by atoms with Crippen molar-refractivity contribution in [3.63, 3.8) is 0 Å². The molecule has 2 atom stereocenters. The quantitative estimate of drug-likeness (QED) is 0.838. The number of carbonyl (C=O) groups excluding carboxylic acids is 1. The van der Waals surface area contributed by atoms with E-state index in [-0.39, 0.29) is 23.6 Å². The average molecular weight is 300 g/mol. The summed E-state index contributed by atoms with van der Waals surface area (Å²) < 4.78 is 5.48. The second kappa shape index (κ2) is 6.48. The molecule has 0 bridgehead atoms. The van der Waals surface area contributed by atoms with Crippen molar-refractivity contribution < 1.29 is 9.53 Å². The van der Waals surface area contributed by atoms with Crippen LogP contribution in [0.4, 0.5) is 0 Å². The maximum Gasteiger partial charge on any atom is 0.269 e. The Hall–Kier alpha value is -2.54. The zero-order chi connectivity index (χ0) is 15.4. The Balaban J connectivity index is 1.66. The first-order valence-electron chi connectivity index (χ1n) is 7.04. The van der Waals surface area contributed by atoms with E-state index in [0.29, 0.717) is 13.2 Å². The van der Waals surface area contributed by atoms with Crippen molar-refractivity contribution in [1.29, 1.82) is 0 Å². The van der Waals surface area contributed by atoms with Crippen molar-refractivity contribution in [1.82, 2.24) is 20.3 Å². The molecule has 0 aromatic carbocycles. The number of hydrogen-bond donors (Lipinski definition) is 2. The van der Waals surface area contributed by atoms with Crippen molar-refractivity contribution in [2.45, 2.75) is 12.5 Å². The lowest BCUT2D eigenvalue weighted by molar-refractivity contribution is 0.0919. The van der Waals surface area contributed by atoms with Gasteiger partial charge in [0.05, 0.1) is 31.6 Å². The smallest absolute Gasteiger partial charge is 0.269 e. The minimum Gasteiger partial charge on any atom is -0.379 e. The molecule has 0 aliphatic carbocycles. The van der Waals surface area contributed by atoms with Gasteiger partial charge in [0.25, 0.3) is 11.5 Å². The molecule has 1 saturated heterocycles. The highest BCUT2D eigenvalue weighted by Crippen LogP contribution is 2.19. The molecule has 2 aromatic heterocycles. The van der Waals surface area contributed by atoms with Gasteiger partial charge < -0.3 is 15.0 Å². The van der Waals surface area contributed by atoms with Crippen LogP contribution in [0.25, 0.3) is 0 Å². The zero-order valence-electron chi connectivity index (χ0n) is 11.9. The number of nitrogens with zero attached hydrogens (tertiary/aromatic N) is 2. The van der Waals surface area contributed by atoms with Gasteiger partial charge in [-0.2, -0.15) is 0 Å². The van der Waals surface area contributed by atoms with Gasteiger partial charge in [-0.25, -0.2) is 0 Å². The van der Waals surface area contributed by atoms with Crippen LogP contribution in [0.5, 0.6) is 0 Å². The van der Waals surface area contributed by atoms with Crippen LogP contribution in [0.3, 0.4) is 0 Å². The van der Waals surface area contributed by atoms with Crippen molar-refractivity contribution in [2.24, 2.45) is 5.92 Å². The molecule has 7 nitrogen and oxygen atoms in total. The van der Waals surface area contributed by atoms with E-state index in [1.165, 1.54) is 6.20 Å². The second-order valence-electron chi connectivity index (χ2n) is 5.25.